The van der Waals surface area contributed by atoms with Gasteiger partial charge < -0.3 is 9.73 Å². The second-order valence-corrected chi connectivity index (χ2v) is 8.58. The van der Waals surface area contributed by atoms with Crippen LogP contribution in [-0.2, 0) is 16.2 Å². The van der Waals surface area contributed by atoms with Gasteiger partial charge in [0.25, 0.3) is 0 Å². The zero-order valence-corrected chi connectivity index (χ0v) is 17.8. The van der Waals surface area contributed by atoms with Crippen molar-refractivity contribution >= 4 is 30.8 Å². The van der Waals surface area contributed by atoms with Crippen LogP contribution < -0.4 is 5.32 Å². The van der Waals surface area contributed by atoms with Crippen LogP contribution in [0.15, 0.2) is 45.8 Å². The van der Waals surface area contributed by atoms with Gasteiger partial charge in [-0.1, -0.05) is 0 Å². The Hall–Kier alpha value is -2.56. The summed E-state index contributed by atoms with van der Waals surface area (Å²) in [4.78, 5) is 3.85. The predicted molar refractivity (Wildman–Crippen MR) is 107 cm³/mol. The summed E-state index contributed by atoms with van der Waals surface area (Å²) < 4.78 is 70.8. The van der Waals surface area contributed by atoms with Crippen molar-refractivity contribution in [1.82, 2.24) is 19.5 Å². The summed E-state index contributed by atoms with van der Waals surface area (Å²) in [5.41, 5.74) is -0.428. The first-order valence-electron chi connectivity index (χ1n) is 8.43. The molecule has 0 spiro atoms. The molecule has 8 nitrogen and oxygen atoms in total. The number of anilines is 2. The molecule has 0 saturated carbocycles. The molecule has 2 aromatic heterocycles. The highest BCUT2D eigenvalue weighted by Gasteiger charge is 2.31. The Bertz CT molecular complexity index is 1170. The van der Waals surface area contributed by atoms with Crippen molar-refractivity contribution in [1.29, 1.82) is 0 Å². The van der Waals surface area contributed by atoms with E-state index in [1.165, 1.54) is 25.2 Å². The van der Waals surface area contributed by atoms with E-state index in [0.29, 0.717) is 0 Å². The fourth-order valence-corrected chi connectivity index (χ4v) is 4.12. The Morgan fingerprint density at radius 2 is 1.93 bits per heavy atom. The van der Waals surface area contributed by atoms with E-state index in [-0.39, 0.29) is 40.0 Å². The molecular weight excluding hydrogens is 442 g/mol. The van der Waals surface area contributed by atoms with E-state index < -0.39 is 21.8 Å². The van der Waals surface area contributed by atoms with Gasteiger partial charge in [-0.3, -0.25) is 0 Å². The first kappa shape index (κ1) is 22.1. The smallest absolute Gasteiger partial charge is 0.416 e. The maximum absolute atomic E-state index is 13.0. The lowest BCUT2D eigenvalue weighted by Crippen LogP contribution is -2.25. The lowest BCUT2D eigenvalue weighted by molar-refractivity contribution is -0.137. The second-order valence-electron chi connectivity index (χ2n) is 6.17. The minimum atomic E-state index is -4.54. The number of alkyl halides is 3. The lowest BCUT2D eigenvalue weighted by Gasteiger charge is -2.17. The molecular formula is C17H17F3N5O3PS. The molecule has 1 unspecified atom stereocenters. The molecule has 2 heterocycles. The molecule has 13 heteroatoms. The van der Waals surface area contributed by atoms with Crippen molar-refractivity contribution in [2.75, 3.05) is 18.7 Å². The topological polar surface area (TPSA) is 101 Å². The van der Waals surface area contributed by atoms with Gasteiger partial charge >= 0.3 is 6.18 Å². The average Bonchev–Trinajstić information content (AvgIpc) is 3.13. The minimum absolute atomic E-state index is 0.00699. The third-order valence-corrected chi connectivity index (χ3v) is 6.69. The summed E-state index contributed by atoms with van der Waals surface area (Å²) in [5, 5.41) is 10.4. The first-order chi connectivity index (χ1) is 14.0. The Morgan fingerprint density at radius 3 is 2.53 bits per heavy atom. The van der Waals surface area contributed by atoms with Gasteiger partial charge in [0.05, 0.1) is 21.7 Å². The molecule has 160 valence electrons. The zero-order valence-electron chi connectivity index (χ0n) is 15.8. The highest BCUT2D eigenvalue weighted by Crippen LogP contribution is 2.34. The molecule has 0 bridgehead atoms. The molecule has 30 heavy (non-hydrogen) atoms. The van der Waals surface area contributed by atoms with E-state index in [1.54, 1.807) is 6.92 Å². The lowest BCUT2D eigenvalue weighted by atomic mass is 10.1. The number of hydrogen-bond acceptors (Lipinski definition) is 7. The van der Waals surface area contributed by atoms with Crippen LogP contribution in [0.3, 0.4) is 0 Å². The number of sulfonamides is 1. The van der Waals surface area contributed by atoms with Crippen molar-refractivity contribution in [3.05, 3.63) is 48.0 Å². The summed E-state index contributed by atoms with van der Waals surface area (Å²) in [6.45, 7) is 1.56. The molecule has 0 saturated heterocycles. The average molecular weight is 459 g/mol. The van der Waals surface area contributed by atoms with Crippen molar-refractivity contribution in [3.8, 4) is 11.5 Å². The van der Waals surface area contributed by atoms with Crippen LogP contribution in [0, 0.1) is 6.92 Å². The highest BCUT2D eigenvalue weighted by atomic mass is 32.2. The molecule has 1 aromatic carbocycles. The van der Waals surface area contributed by atoms with E-state index in [9.17, 15) is 21.6 Å². The Balaban J connectivity index is 2.09. The van der Waals surface area contributed by atoms with Crippen LogP contribution in [0.2, 0.25) is 0 Å². The second kappa shape index (κ2) is 8.29. The van der Waals surface area contributed by atoms with Gasteiger partial charge in [-0.25, -0.2) is 13.4 Å². The SMILES string of the molecule is Cc1nnc(-c2cc(S(=O)(=O)N(C)CP)ccc2Nc2cc(C(F)(F)F)ccn2)o1. The van der Waals surface area contributed by atoms with Gasteiger partial charge in [0.2, 0.25) is 21.8 Å². The zero-order chi connectivity index (χ0) is 22.1. The summed E-state index contributed by atoms with van der Waals surface area (Å²) in [6.07, 6.45) is -3.34. The molecule has 0 fully saturated rings. The first-order valence-corrected chi connectivity index (χ1v) is 10.7. The minimum Gasteiger partial charge on any atom is -0.421 e. The number of nitrogens with zero attached hydrogens (tertiary/aromatic N) is 4. The van der Waals surface area contributed by atoms with Crippen LogP contribution in [0.1, 0.15) is 11.5 Å². The van der Waals surface area contributed by atoms with Gasteiger partial charge in [0.1, 0.15) is 5.82 Å². The number of halogens is 3. The largest absolute Gasteiger partial charge is 0.421 e. The number of benzene rings is 1. The van der Waals surface area contributed by atoms with E-state index in [1.807, 2.05) is 0 Å². The van der Waals surface area contributed by atoms with E-state index in [4.69, 9.17) is 4.42 Å². The predicted octanol–water partition coefficient (Wildman–Crippen LogP) is 3.66. The standard InChI is InChI=1S/C17H17F3N5O3PS/c1-10-23-24-16(28-10)13-8-12(30(26,27)25(2)9-29)3-4-14(13)22-15-7-11(5-6-21-15)17(18,19)20/h3-8H,9,29H2,1-2H3,(H,21,22). The van der Waals surface area contributed by atoms with Gasteiger partial charge in [0.15, 0.2) is 0 Å². The maximum Gasteiger partial charge on any atom is 0.416 e. The molecule has 0 amide bonds. The maximum atomic E-state index is 13.0. The summed E-state index contributed by atoms with van der Waals surface area (Å²) in [5.74, 6) is 0.163. The van der Waals surface area contributed by atoms with E-state index in [0.717, 1.165) is 22.6 Å². The van der Waals surface area contributed by atoms with E-state index >= 15 is 0 Å². The third-order valence-electron chi connectivity index (χ3n) is 4.06. The van der Waals surface area contributed by atoms with Crippen LogP contribution in [0.5, 0.6) is 0 Å². The summed E-state index contributed by atoms with van der Waals surface area (Å²) >= 11 is 0. The number of hydrogen-bond donors (Lipinski definition) is 1. The third kappa shape index (κ3) is 4.61. The summed E-state index contributed by atoms with van der Waals surface area (Å²) in [7, 11) is -0.0720. The van der Waals surface area contributed by atoms with Crippen molar-refractivity contribution in [2.24, 2.45) is 0 Å². The van der Waals surface area contributed by atoms with Gasteiger partial charge in [-0.2, -0.15) is 17.5 Å². The Kier molecular flexibility index (Phi) is 6.11. The monoisotopic (exact) mass is 459 g/mol. The molecule has 0 aliphatic rings. The molecule has 3 aromatic rings. The summed E-state index contributed by atoms with van der Waals surface area (Å²) in [6, 6.07) is 5.74. The normalized spacial score (nSPS) is 12.4. The van der Waals surface area contributed by atoms with Crippen molar-refractivity contribution < 1.29 is 26.0 Å². The molecule has 1 atom stereocenters. The fraction of sp³-hybridized carbons (Fsp3) is 0.235. The van der Waals surface area contributed by atoms with Crippen molar-refractivity contribution in [3.63, 3.8) is 0 Å². The van der Waals surface area contributed by atoms with Crippen LogP contribution in [-0.4, -0.2) is 41.2 Å². The quantitative estimate of drug-likeness (QED) is 0.562. The van der Waals surface area contributed by atoms with Crippen molar-refractivity contribution in [2.45, 2.75) is 18.0 Å². The Morgan fingerprint density at radius 1 is 1.20 bits per heavy atom. The number of pyridine rings is 1. The molecule has 1 N–H and O–H groups in total. The van der Waals surface area contributed by atoms with Gasteiger partial charge in [-0.15, -0.1) is 19.4 Å². The fourth-order valence-electron chi connectivity index (χ4n) is 2.47. The van der Waals surface area contributed by atoms with Crippen LogP contribution >= 0.6 is 9.24 Å². The molecule has 0 radical (unpaired) electrons. The van der Waals surface area contributed by atoms with Gasteiger partial charge in [0, 0.05) is 26.5 Å². The highest BCUT2D eigenvalue weighted by molar-refractivity contribution is 7.89. The molecule has 0 aliphatic carbocycles. The van der Waals surface area contributed by atoms with Gasteiger partial charge in [-0.05, 0) is 30.3 Å². The number of aromatic nitrogens is 3. The molecule has 0 aliphatic heterocycles. The number of nitrogens with one attached hydrogen (secondary N) is 1. The van der Waals surface area contributed by atoms with E-state index in [2.05, 4.69) is 29.7 Å². The number of aryl methyl sites for hydroxylation is 1. The Labute approximate surface area is 172 Å². The van der Waals surface area contributed by atoms with Crippen LogP contribution in [0.25, 0.3) is 11.5 Å². The number of rotatable bonds is 6. The molecule has 3 rings (SSSR count). The van der Waals surface area contributed by atoms with Crippen LogP contribution in [0.4, 0.5) is 24.7 Å².